The van der Waals surface area contributed by atoms with E-state index in [9.17, 15) is 18.0 Å². The van der Waals surface area contributed by atoms with Gasteiger partial charge in [0.15, 0.2) is 0 Å². The Balaban J connectivity index is 2.01. The number of hydrogen-bond donors (Lipinski definition) is 1. The van der Waals surface area contributed by atoms with Crippen molar-refractivity contribution < 1.29 is 18.0 Å². The fraction of sp³-hybridized carbons (Fsp3) is 0.259. The molecule has 0 heterocycles. The second-order valence-corrected chi connectivity index (χ2v) is 11.5. The van der Waals surface area contributed by atoms with Crippen molar-refractivity contribution in [2.75, 3.05) is 17.4 Å². The molecule has 0 aliphatic heterocycles. The van der Waals surface area contributed by atoms with Gasteiger partial charge in [-0.3, -0.25) is 13.9 Å². The summed E-state index contributed by atoms with van der Waals surface area (Å²) in [4.78, 5) is 28.0. The molecular formula is C27H30IN3O4S. The number of likely N-dealkylation sites (N-methyl/N-ethyl adjacent to an activating group) is 1. The molecule has 0 aromatic heterocycles. The van der Waals surface area contributed by atoms with Gasteiger partial charge in [0.25, 0.3) is 10.0 Å². The summed E-state index contributed by atoms with van der Waals surface area (Å²) in [6.45, 7) is 5.56. The van der Waals surface area contributed by atoms with Crippen LogP contribution in [-0.2, 0) is 26.2 Å². The summed E-state index contributed by atoms with van der Waals surface area (Å²) in [7, 11) is -4.05. The quantitative estimate of drug-likeness (QED) is 0.342. The lowest BCUT2D eigenvalue weighted by Gasteiger charge is -2.32. The van der Waals surface area contributed by atoms with Crippen LogP contribution in [0.3, 0.4) is 0 Å². The van der Waals surface area contributed by atoms with Crippen LogP contribution in [0.1, 0.15) is 25.0 Å². The maximum Gasteiger partial charge on any atom is 0.264 e. The van der Waals surface area contributed by atoms with Crippen molar-refractivity contribution in [3.8, 4) is 0 Å². The Morgan fingerprint density at radius 2 is 1.64 bits per heavy atom. The number of carbonyl (C=O) groups excluding carboxylic acids is 2. The Hall–Kier alpha value is -2.92. The molecule has 1 atom stereocenters. The Morgan fingerprint density at radius 1 is 0.972 bits per heavy atom. The van der Waals surface area contributed by atoms with Gasteiger partial charge in [0.2, 0.25) is 11.8 Å². The van der Waals surface area contributed by atoms with Crippen LogP contribution in [0.2, 0.25) is 0 Å². The van der Waals surface area contributed by atoms with Gasteiger partial charge in [0.05, 0.1) is 10.6 Å². The summed E-state index contributed by atoms with van der Waals surface area (Å²) in [5, 5.41) is 2.76. The van der Waals surface area contributed by atoms with Crippen LogP contribution in [-0.4, -0.2) is 44.3 Å². The molecule has 1 N–H and O–H groups in total. The molecule has 7 nitrogen and oxygen atoms in total. The van der Waals surface area contributed by atoms with Gasteiger partial charge in [-0.15, -0.1) is 0 Å². The molecule has 2 amide bonds. The van der Waals surface area contributed by atoms with Crippen LogP contribution in [0.15, 0.2) is 83.8 Å². The molecule has 0 radical (unpaired) electrons. The minimum atomic E-state index is -4.05. The number of sulfonamides is 1. The van der Waals surface area contributed by atoms with Crippen LogP contribution >= 0.6 is 22.6 Å². The molecule has 9 heteroatoms. The standard InChI is InChI=1S/C27H30IN3O4S/c1-4-29-27(33)21(3)30(18-22-10-8-9-20(2)17-22)26(32)19-31(24-15-13-23(28)14-16-24)36(34,35)25-11-6-5-7-12-25/h5-17,21H,4,18-19H2,1-3H3,(H,29,33). The molecule has 3 rings (SSSR count). The molecule has 190 valence electrons. The largest absolute Gasteiger partial charge is 0.355 e. The van der Waals surface area contributed by atoms with Gasteiger partial charge in [-0.2, -0.15) is 0 Å². The predicted octanol–water partition coefficient (Wildman–Crippen LogP) is 4.35. The number of halogens is 1. The summed E-state index contributed by atoms with van der Waals surface area (Å²) in [5.74, 6) is -0.779. The summed E-state index contributed by atoms with van der Waals surface area (Å²) >= 11 is 2.14. The molecule has 0 aliphatic rings. The first kappa shape index (κ1) is 27.7. The number of benzene rings is 3. The molecule has 3 aromatic carbocycles. The van der Waals surface area contributed by atoms with Crippen molar-refractivity contribution in [2.45, 2.75) is 38.3 Å². The molecule has 0 fully saturated rings. The number of anilines is 1. The van der Waals surface area contributed by atoms with Gasteiger partial charge in [0.1, 0.15) is 12.6 Å². The zero-order valence-corrected chi connectivity index (χ0v) is 23.5. The summed E-state index contributed by atoms with van der Waals surface area (Å²) in [5.41, 5.74) is 2.25. The van der Waals surface area contributed by atoms with E-state index in [1.54, 1.807) is 49.4 Å². The normalized spacial score (nSPS) is 12.0. The second kappa shape index (κ2) is 12.4. The first-order valence-corrected chi connectivity index (χ1v) is 14.1. The number of rotatable bonds is 10. The van der Waals surface area contributed by atoms with Crippen molar-refractivity contribution in [2.24, 2.45) is 0 Å². The average molecular weight is 620 g/mol. The van der Waals surface area contributed by atoms with E-state index < -0.39 is 28.5 Å². The van der Waals surface area contributed by atoms with E-state index in [4.69, 9.17) is 0 Å². The highest BCUT2D eigenvalue weighted by atomic mass is 127. The monoisotopic (exact) mass is 619 g/mol. The number of carbonyl (C=O) groups is 2. The first-order chi connectivity index (χ1) is 17.1. The van der Waals surface area contributed by atoms with Crippen molar-refractivity contribution in [3.05, 3.63) is 93.6 Å². The first-order valence-electron chi connectivity index (χ1n) is 11.6. The minimum Gasteiger partial charge on any atom is -0.355 e. The van der Waals surface area contributed by atoms with E-state index in [0.29, 0.717) is 12.2 Å². The summed E-state index contributed by atoms with van der Waals surface area (Å²) in [6.07, 6.45) is 0. The van der Waals surface area contributed by atoms with Gasteiger partial charge in [0, 0.05) is 16.7 Å². The van der Waals surface area contributed by atoms with Crippen molar-refractivity contribution >= 4 is 50.1 Å². The lowest BCUT2D eigenvalue weighted by molar-refractivity contribution is -0.139. The fourth-order valence-corrected chi connectivity index (χ4v) is 5.56. The van der Waals surface area contributed by atoms with Gasteiger partial charge in [-0.05, 0) is 85.3 Å². The second-order valence-electron chi connectivity index (χ2n) is 8.38. The molecule has 1 unspecified atom stereocenters. The summed E-state index contributed by atoms with van der Waals surface area (Å²) in [6, 6.07) is 21.8. The zero-order chi connectivity index (χ0) is 26.3. The Morgan fingerprint density at radius 3 is 2.25 bits per heavy atom. The molecule has 0 aliphatic carbocycles. The maximum atomic E-state index is 13.7. The third-order valence-electron chi connectivity index (χ3n) is 5.68. The predicted molar refractivity (Wildman–Crippen MR) is 150 cm³/mol. The number of amides is 2. The Labute approximate surface area is 226 Å². The van der Waals surface area contributed by atoms with E-state index in [0.717, 1.165) is 19.0 Å². The molecule has 3 aromatic rings. The average Bonchev–Trinajstić information content (AvgIpc) is 2.86. The lowest BCUT2D eigenvalue weighted by atomic mass is 10.1. The van der Waals surface area contributed by atoms with E-state index in [2.05, 4.69) is 27.9 Å². The highest BCUT2D eigenvalue weighted by Gasteiger charge is 2.32. The third kappa shape index (κ3) is 6.85. The van der Waals surface area contributed by atoms with Crippen LogP contribution < -0.4 is 9.62 Å². The van der Waals surface area contributed by atoms with Crippen molar-refractivity contribution in [1.29, 1.82) is 0 Å². The van der Waals surface area contributed by atoms with Gasteiger partial charge in [-0.1, -0.05) is 48.0 Å². The highest BCUT2D eigenvalue weighted by Crippen LogP contribution is 2.25. The number of nitrogens with one attached hydrogen (secondary N) is 1. The number of nitrogens with zero attached hydrogens (tertiary/aromatic N) is 2. The Kier molecular flexibility index (Phi) is 9.49. The van der Waals surface area contributed by atoms with E-state index >= 15 is 0 Å². The third-order valence-corrected chi connectivity index (χ3v) is 8.19. The molecule has 0 saturated heterocycles. The molecule has 0 saturated carbocycles. The zero-order valence-electron chi connectivity index (χ0n) is 20.5. The summed E-state index contributed by atoms with van der Waals surface area (Å²) < 4.78 is 29.4. The molecule has 0 bridgehead atoms. The van der Waals surface area contributed by atoms with Crippen LogP contribution in [0.25, 0.3) is 0 Å². The molecule has 0 spiro atoms. The van der Waals surface area contributed by atoms with E-state index in [1.165, 1.54) is 17.0 Å². The topological polar surface area (TPSA) is 86.8 Å². The van der Waals surface area contributed by atoms with Crippen LogP contribution in [0, 0.1) is 10.5 Å². The SMILES string of the molecule is CCNC(=O)C(C)N(Cc1cccc(C)c1)C(=O)CN(c1ccc(I)cc1)S(=O)(=O)c1ccccc1. The lowest BCUT2D eigenvalue weighted by Crippen LogP contribution is -2.51. The van der Waals surface area contributed by atoms with Crippen LogP contribution in [0.4, 0.5) is 5.69 Å². The van der Waals surface area contributed by atoms with E-state index in [1.807, 2.05) is 38.1 Å². The van der Waals surface area contributed by atoms with Gasteiger partial charge < -0.3 is 10.2 Å². The fourth-order valence-electron chi connectivity index (χ4n) is 3.77. The van der Waals surface area contributed by atoms with Gasteiger partial charge >= 0.3 is 0 Å². The van der Waals surface area contributed by atoms with E-state index in [-0.39, 0.29) is 17.3 Å². The highest BCUT2D eigenvalue weighted by molar-refractivity contribution is 14.1. The smallest absolute Gasteiger partial charge is 0.264 e. The Bertz CT molecular complexity index is 1300. The van der Waals surface area contributed by atoms with Crippen molar-refractivity contribution in [1.82, 2.24) is 10.2 Å². The number of aryl methyl sites for hydroxylation is 1. The van der Waals surface area contributed by atoms with Crippen molar-refractivity contribution in [3.63, 3.8) is 0 Å². The minimum absolute atomic E-state index is 0.0818. The number of hydrogen-bond acceptors (Lipinski definition) is 4. The maximum absolute atomic E-state index is 13.7. The van der Waals surface area contributed by atoms with Gasteiger partial charge in [-0.25, -0.2) is 8.42 Å². The van der Waals surface area contributed by atoms with Crippen LogP contribution in [0.5, 0.6) is 0 Å². The molecule has 36 heavy (non-hydrogen) atoms. The molecular weight excluding hydrogens is 589 g/mol.